The van der Waals surface area contributed by atoms with E-state index in [0.29, 0.717) is 22.9 Å². The number of anilines is 1. The van der Waals surface area contributed by atoms with E-state index in [1.807, 2.05) is 61.1 Å². The fraction of sp³-hybridized carbons (Fsp3) is 0.273. The molecule has 1 N–H and O–H groups in total. The molecule has 0 saturated carbocycles. The molecule has 0 bridgehead atoms. The summed E-state index contributed by atoms with van der Waals surface area (Å²) in [5.74, 6) is 0.899. The predicted octanol–water partition coefficient (Wildman–Crippen LogP) is 4.05. The number of carbonyl (C=O) groups excluding carboxylic acids is 1. The van der Waals surface area contributed by atoms with E-state index in [1.165, 1.54) is 0 Å². The fourth-order valence-electron chi connectivity index (χ4n) is 3.49. The van der Waals surface area contributed by atoms with E-state index in [2.05, 4.69) is 29.4 Å². The number of hydrogen-bond acceptors (Lipinski definition) is 4. The van der Waals surface area contributed by atoms with Crippen molar-refractivity contribution in [3.63, 3.8) is 0 Å². The van der Waals surface area contributed by atoms with Crippen LogP contribution in [0.4, 0.5) is 5.82 Å². The van der Waals surface area contributed by atoms with Gasteiger partial charge in [-0.25, -0.2) is 9.67 Å². The Hall–Kier alpha value is -3.48. The van der Waals surface area contributed by atoms with Crippen molar-refractivity contribution >= 4 is 22.8 Å². The Kier molecular flexibility index (Phi) is 4.88. The normalized spacial score (nSPS) is 11.3. The number of pyridine rings is 1. The Morgan fingerprint density at radius 1 is 1.17 bits per heavy atom. The number of nitrogens with one attached hydrogen (secondary N) is 1. The third-order valence-electron chi connectivity index (χ3n) is 4.78. The summed E-state index contributed by atoms with van der Waals surface area (Å²) >= 11 is 0. The highest BCUT2D eigenvalue weighted by Gasteiger charge is 2.20. The second-order valence-corrected chi connectivity index (χ2v) is 7.58. The van der Waals surface area contributed by atoms with Crippen LogP contribution in [-0.2, 0) is 13.6 Å². The second-order valence-electron chi connectivity index (χ2n) is 7.58. The Morgan fingerprint density at radius 2 is 1.93 bits per heavy atom. The molecule has 148 valence electrons. The summed E-state index contributed by atoms with van der Waals surface area (Å²) in [6.45, 7) is 6.86. The Balaban J connectivity index is 1.80. The maximum Gasteiger partial charge on any atom is 0.257 e. The first-order chi connectivity index (χ1) is 13.9. The van der Waals surface area contributed by atoms with Crippen molar-refractivity contribution in [3.8, 4) is 11.3 Å². The maximum atomic E-state index is 13.3. The van der Waals surface area contributed by atoms with Gasteiger partial charge in [0, 0.05) is 25.2 Å². The van der Waals surface area contributed by atoms with E-state index in [9.17, 15) is 4.79 Å². The van der Waals surface area contributed by atoms with Crippen molar-refractivity contribution in [3.05, 3.63) is 59.9 Å². The highest BCUT2D eigenvalue weighted by Crippen LogP contribution is 2.27. The highest BCUT2D eigenvalue weighted by atomic mass is 16.1. The molecular weight excluding hydrogens is 364 g/mol. The minimum absolute atomic E-state index is 0.198. The molecule has 0 fully saturated rings. The largest absolute Gasteiger partial charge is 0.307 e. The molecule has 0 aliphatic rings. The number of amides is 1. The van der Waals surface area contributed by atoms with Crippen molar-refractivity contribution in [2.45, 2.75) is 27.3 Å². The van der Waals surface area contributed by atoms with E-state index >= 15 is 0 Å². The zero-order chi connectivity index (χ0) is 20.5. The first kappa shape index (κ1) is 18.9. The van der Waals surface area contributed by atoms with Gasteiger partial charge in [0.1, 0.15) is 5.82 Å². The summed E-state index contributed by atoms with van der Waals surface area (Å²) in [4.78, 5) is 18.1. The smallest absolute Gasteiger partial charge is 0.257 e. The van der Waals surface area contributed by atoms with Crippen LogP contribution in [0.15, 0.2) is 48.7 Å². The van der Waals surface area contributed by atoms with Crippen LogP contribution in [0.3, 0.4) is 0 Å². The number of rotatable bonds is 5. The topological polar surface area (TPSA) is 77.6 Å². The van der Waals surface area contributed by atoms with Gasteiger partial charge in [-0.05, 0) is 18.9 Å². The van der Waals surface area contributed by atoms with Crippen molar-refractivity contribution in [1.82, 2.24) is 24.5 Å². The Morgan fingerprint density at radius 3 is 2.66 bits per heavy atom. The highest BCUT2D eigenvalue weighted by molar-refractivity contribution is 6.13. The number of nitrogens with zero attached hydrogens (tertiary/aromatic N) is 5. The van der Waals surface area contributed by atoms with Gasteiger partial charge in [0.2, 0.25) is 0 Å². The van der Waals surface area contributed by atoms with Crippen LogP contribution in [0.2, 0.25) is 0 Å². The standard InChI is InChI=1S/C22H24N6O/c1-14(2)13-28-19(10-11-23-28)25-22(29)17-12-18(16-8-6-5-7-9-16)24-21-20(17)15(3)26-27(21)4/h5-12,14H,13H2,1-4H3,(H,25,29). The summed E-state index contributed by atoms with van der Waals surface area (Å²) < 4.78 is 3.53. The first-order valence-electron chi connectivity index (χ1n) is 9.67. The van der Waals surface area contributed by atoms with Crippen molar-refractivity contribution in [2.24, 2.45) is 13.0 Å². The first-order valence-corrected chi connectivity index (χ1v) is 9.67. The van der Waals surface area contributed by atoms with Crippen molar-refractivity contribution < 1.29 is 4.79 Å². The van der Waals surface area contributed by atoms with E-state index in [4.69, 9.17) is 4.98 Å². The van der Waals surface area contributed by atoms with Gasteiger partial charge in [-0.15, -0.1) is 0 Å². The Labute approximate surface area is 169 Å². The van der Waals surface area contributed by atoms with Crippen LogP contribution >= 0.6 is 0 Å². The summed E-state index contributed by atoms with van der Waals surface area (Å²) in [6.07, 6.45) is 1.70. The van der Waals surface area contributed by atoms with Crippen LogP contribution in [0.1, 0.15) is 29.9 Å². The van der Waals surface area contributed by atoms with E-state index < -0.39 is 0 Å². The quantitative estimate of drug-likeness (QED) is 0.559. The zero-order valence-electron chi connectivity index (χ0n) is 17.0. The van der Waals surface area contributed by atoms with Gasteiger partial charge in [-0.2, -0.15) is 10.2 Å². The van der Waals surface area contributed by atoms with Gasteiger partial charge in [0.25, 0.3) is 5.91 Å². The average Bonchev–Trinajstić information content (AvgIpc) is 3.25. The van der Waals surface area contributed by atoms with Crippen molar-refractivity contribution in [1.29, 1.82) is 0 Å². The minimum atomic E-state index is -0.198. The molecular formula is C22H24N6O. The summed E-state index contributed by atoms with van der Waals surface area (Å²) in [6, 6.07) is 13.5. The molecule has 7 nitrogen and oxygen atoms in total. The lowest BCUT2D eigenvalue weighted by molar-refractivity contribution is 0.102. The molecule has 0 aliphatic carbocycles. The van der Waals surface area contributed by atoms with Gasteiger partial charge < -0.3 is 5.32 Å². The molecule has 0 unspecified atom stereocenters. The zero-order valence-corrected chi connectivity index (χ0v) is 17.0. The molecule has 7 heteroatoms. The van der Waals surface area contributed by atoms with E-state index in [-0.39, 0.29) is 5.91 Å². The van der Waals surface area contributed by atoms with Gasteiger partial charge in [-0.3, -0.25) is 9.48 Å². The monoisotopic (exact) mass is 388 g/mol. The van der Waals surface area contributed by atoms with Gasteiger partial charge in [0.05, 0.1) is 28.5 Å². The van der Waals surface area contributed by atoms with Crippen LogP contribution in [0.25, 0.3) is 22.3 Å². The van der Waals surface area contributed by atoms with Gasteiger partial charge in [0.15, 0.2) is 5.65 Å². The molecule has 0 radical (unpaired) electrons. The van der Waals surface area contributed by atoms with Crippen LogP contribution in [0, 0.1) is 12.8 Å². The minimum Gasteiger partial charge on any atom is -0.307 e. The molecule has 1 aromatic carbocycles. The van der Waals surface area contributed by atoms with Crippen LogP contribution in [-0.4, -0.2) is 30.5 Å². The van der Waals surface area contributed by atoms with E-state index in [1.54, 1.807) is 10.9 Å². The molecule has 4 aromatic rings. The SMILES string of the molecule is Cc1nn(C)c2nc(-c3ccccc3)cc(C(=O)Nc3ccnn3CC(C)C)c12. The molecule has 29 heavy (non-hydrogen) atoms. The number of aryl methyl sites for hydroxylation is 2. The summed E-state index contributed by atoms with van der Waals surface area (Å²) in [7, 11) is 1.84. The number of hydrogen-bond donors (Lipinski definition) is 1. The lowest BCUT2D eigenvalue weighted by Crippen LogP contribution is -2.18. The summed E-state index contributed by atoms with van der Waals surface area (Å²) in [5.41, 5.74) is 3.70. The fourth-order valence-corrected chi connectivity index (χ4v) is 3.49. The number of benzene rings is 1. The number of aromatic nitrogens is 5. The van der Waals surface area contributed by atoms with Crippen molar-refractivity contribution in [2.75, 3.05) is 5.32 Å². The third-order valence-corrected chi connectivity index (χ3v) is 4.78. The molecule has 0 atom stereocenters. The molecule has 0 spiro atoms. The lowest BCUT2D eigenvalue weighted by atomic mass is 10.0. The molecule has 0 saturated heterocycles. The molecule has 0 aliphatic heterocycles. The average molecular weight is 388 g/mol. The predicted molar refractivity (Wildman–Crippen MR) is 114 cm³/mol. The van der Waals surface area contributed by atoms with Crippen LogP contribution in [0.5, 0.6) is 0 Å². The van der Waals surface area contributed by atoms with Gasteiger partial charge >= 0.3 is 0 Å². The number of carbonyl (C=O) groups is 1. The number of fused-ring (bicyclic) bond motifs is 1. The Bertz CT molecular complexity index is 1170. The molecule has 3 heterocycles. The molecule has 3 aromatic heterocycles. The van der Waals surface area contributed by atoms with Gasteiger partial charge in [-0.1, -0.05) is 44.2 Å². The summed E-state index contributed by atoms with van der Waals surface area (Å²) in [5, 5.41) is 12.6. The molecule has 4 rings (SSSR count). The molecule has 1 amide bonds. The van der Waals surface area contributed by atoms with E-state index in [0.717, 1.165) is 28.9 Å². The lowest BCUT2D eigenvalue weighted by Gasteiger charge is -2.12. The van der Waals surface area contributed by atoms with Crippen LogP contribution < -0.4 is 5.32 Å². The third kappa shape index (κ3) is 3.63. The maximum absolute atomic E-state index is 13.3. The second kappa shape index (κ2) is 7.50.